The first-order chi connectivity index (χ1) is 11.2. The molecule has 1 saturated heterocycles. The Morgan fingerprint density at radius 1 is 1.42 bits per heavy atom. The molecule has 1 spiro atoms. The van der Waals surface area contributed by atoms with Crippen LogP contribution in [0.5, 0.6) is 5.75 Å². The Morgan fingerprint density at radius 3 is 2.75 bits per heavy atom. The van der Waals surface area contributed by atoms with Crippen molar-refractivity contribution in [2.45, 2.75) is 43.9 Å². The Morgan fingerprint density at radius 2 is 2.17 bits per heavy atom. The molecule has 6 nitrogen and oxygen atoms in total. The lowest BCUT2D eigenvalue weighted by atomic mass is 9.70. The molecule has 0 bridgehead atoms. The van der Waals surface area contributed by atoms with Crippen molar-refractivity contribution in [1.82, 2.24) is 0 Å². The Kier molecular flexibility index (Phi) is 6.70. The van der Waals surface area contributed by atoms with Crippen LogP contribution in [0, 0.1) is 0 Å². The van der Waals surface area contributed by atoms with E-state index >= 15 is 0 Å². The second-order valence-electron chi connectivity index (χ2n) is 5.97. The highest BCUT2D eigenvalue weighted by molar-refractivity contribution is 14.0. The summed E-state index contributed by atoms with van der Waals surface area (Å²) in [6.45, 7) is 3.49. The molecule has 7 heteroatoms. The third-order valence-electron chi connectivity index (χ3n) is 4.65. The van der Waals surface area contributed by atoms with Crippen LogP contribution in [0.2, 0.25) is 0 Å². The molecule has 2 fully saturated rings. The molecule has 1 saturated carbocycles. The van der Waals surface area contributed by atoms with Gasteiger partial charge in [-0.2, -0.15) is 0 Å². The van der Waals surface area contributed by atoms with Gasteiger partial charge in [0.05, 0.1) is 19.3 Å². The van der Waals surface area contributed by atoms with E-state index in [1.54, 1.807) is 7.11 Å². The van der Waals surface area contributed by atoms with Crippen molar-refractivity contribution in [3.8, 4) is 5.75 Å². The molecule has 0 aromatic heterocycles. The molecular formula is C17H26IN3O3. The number of halogens is 1. The Bertz CT molecular complexity index is 559. The van der Waals surface area contributed by atoms with E-state index in [1.165, 1.54) is 0 Å². The first kappa shape index (κ1) is 19.3. The molecule has 2 aliphatic rings. The molecule has 1 aromatic carbocycles. The van der Waals surface area contributed by atoms with E-state index in [9.17, 15) is 0 Å². The third-order valence-corrected chi connectivity index (χ3v) is 4.65. The summed E-state index contributed by atoms with van der Waals surface area (Å²) in [5.74, 6) is 1.22. The lowest BCUT2D eigenvalue weighted by molar-refractivity contribution is -0.188. The van der Waals surface area contributed by atoms with Gasteiger partial charge in [-0.15, -0.1) is 24.0 Å². The van der Waals surface area contributed by atoms with E-state index in [1.807, 2.05) is 31.2 Å². The molecule has 1 heterocycles. The van der Waals surface area contributed by atoms with Crippen molar-refractivity contribution in [3.63, 3.8) is 0 Å². The minimum atomic E-state index is -0.276. The number of hydrogen-bond acceptors (Lipinski definition) is 4. The quantitative estimate of drug-likeness (QED) is 0.413. The molecule has 3 N–H and O–H groups in total. The molecule has 3 atom stereocenters. The SMILES string of the molecule is CCOC1CC(N=C(N)Nc2ccc(OC)cc2)C12CCCO2.I. The summed E-state index contributed by atoms with van der Waals surface area (Å²) in [5, 5.41) is 3.12. The second-order valence-corrected chi connectivity index (χ2v) is 5.97. The molecule has 0 amide bonds. The van der Waals surface area contributed by atoms with Crippen molar-refractivity contribution in [2.75, 3.05) is 25.6 Å². The number of nitrogens with zero attached hydrogens (tertiary/aromatic N) is 1. The second kappa shape index (κ2) is 8.35. The molecule has 3 rings (SSSR count). The van der Waals surface area contributed by atoms with Crippen LogP contribution in [-0.2, 0) is 9.47 Å². The standard InChI is InChI=1S/C17H25N3O3.HI/c1-3-22-15-11-14(17(15)9-4-10-23-17)20-16(18)19-12-5-7-13(21-2)8-6-12;/h5-8,14-15H,3-4,9-11H2,1-2H3,(H3,18,19,20);1H. The zero-order chi connectivity index (χ0) is 16.3. The van der Waals surface area contributed by atoms with Crippen LogP contribution in [-0.4, -0.2) is 44.0 Å². The predicted octanol–water partition coefficient (Wildman–Crippen LogP) is 2.77. The molecule has 24 heavy (non-hydrogen) atoms. The van der Waals surface area contributed by atoms with Gasteiger partial charge in [0.1, 0.15) is 11.4 Å². The number of nitrogens with one attached hydrogen (secondary N) is 1. The molecule has 0 radical (unpaired) electrons. The number of benzene rings is 1. The molecular weight excluding hydrogens is 421 g/mol. The topological polar surface area (TPSA) is 78.1 Å². The molecule has 1 aromatic rings. The summed E-state index contributed by atoms with van der Waals surface area (Å²) in [6.07, 6.45) is 3.04. The zero-order valence-corrected chi connectivity index (χ0v) is 16.5. The maximum Gasteiger partial charge on any atom is 0.193 e. The van der Waals surface area contributed by atoms with Gasteiger partial charge in [0.25, 0.3) is 0 Å². The highest BCUT2D eigenvalue weighted by Gasteiger charge is 2.59. The normalized spacial score (nSPS) is 29.0. The van der Waals surface area contributed by atoms with Gasteiger partial charge in [-0.1, -0.05) is 0 Å². The van der Waals surface area contributed by atoms with Crippen LogP contribution in [0.4, 0.5) is 5.69 Å². The number of guanidine groups is 1. The molecule has 3 unspecified atom stereocenters. The minimum Gasteiger partial charge on any atom is -0.497 e. The fourth-order valence-corrected chi connectivity index (χ4v) is 3.45. The van der Waals surface area contributed by atoms with Gasteiger partial charge < -0.3 is 25.3 Å². The van der Waals surface area contributed by atoms with Gasteiger partial charge in [0, 0.05) is 25.3 Å². The van der Waals surface area contributed by atoms with Crippen LogP contribution in [0.1, 0.15) is 26.2 Å². The van der Waals surface area contributed by atoms with Crippen LogP contribution < -0.4 is 15.8 Å². The van der Waals surface area contributed by atoms with E-state index in [0.717, 1.165) is 37.3 Å². The number of rotatable bonds is 5. The lowest BCUT2D eigenvalue weighted by Gasteiger charge is -2.50. The van der Waals surface area contributed by atoms with E-state index in [2.05, 4.69) is 10.3 Å². The van der Waals surface area contributed by atoms with Crippen molar-refractivity contribution in [3.05, 3.63) is 24.3 Å². The summed E-state index contributed by atoms with van der Waals surface area (Å²) in [7, 11) is 1.64. The minimum absolute atomic E-state index is 0. The highest BCUT2D eigenvalue weighted by Crippen LogP contribution is 2.47. The number of aliphatic imine (C=N–C) groups is 1. The monoisotopic (exact) mass is 447 g/mol. The fraction of sp³-hybridized carbons (Fsp3) is 0.588. The first-order valence-electron chi connectivity index (χ1n) is 8.18. The first-order valence-corrected chi connectivity index (χ1v) is 8.18. The Balaban J connectivity index is 0.00000208. The highest BCUT2D eigenvalue weighted by atomic mass is 127. The van der Waals surface area contributed by atoms with Gasteiger partial charge in [-0.05, 0) is 44.0 Å². The zero-order valence-electron chi connectivity index (χ0n) is 14.2. The van der Waals surface area contributed by atoms with Gasteiger partial charge in [0.15, 0.2) is 5.96 Å². The van der Waals surface area contributed by atoms with Gasteiger partial charge in [0.2, 0.25) is 0 Å². The van der Waals surface area contributed by atoms with Crippen molar-refractivity contribution in [1.29, 1.82) is 0 Å². The average molecular weight is 447 g/mol. The van der Waals surface area contributed by atoms with Crippen LogP contribution in [0.3, 0.4) is 0 Å². The number of methoxy groups -OCH3 is 1. The number of ether oxygens (including phenoxy) is 3. The Labute approximate surface area is 160 Å². The fourth-order valence-electron chi connectivity index (χ4n) is 3.45. The van der Waals surface area contributed by atoms with Crippen molar-refractivity contribution < 1.29 is 14.2 Å². The van der Waals surface area contributed by atoms with Gasteiger partial charge >= 0.3 is 0 Å². The summed E-state index contributed by atoms with van der Waals surface area (Å²) in [6, 6.07) is 7.64. The van der Waals surface area contributed by atoms with E-state index < -0.39 is 0 Å². The van der Waals surface area contributed by atoms with E-state index in [4.69, 9.17) is 19.9 Å². The van der Waals surface area contributed by atoms with Crippen LogP contribution in [0.15, 0.2) is 29.3 Å². The van der Waals surface area contributed by atoms with Crippen LogP contribution >= 0.6 is 24.0 Å². The molecule has 1 aliphatic heterocycles. The van der Waals surface area contributed by atoms with Gasteiger partial charge in [-0.25, -0.2) is 4.99 Å². The summed E-state index contributed by atoms with van der Waals surface area (Å²) >= 11 is 0. The van der Waals surface area contributed by atoms with Crippen molar-refractivity contribution >= 4 is 35.6 Å². The van der Waals surface area contributed by atoms with Crippen molar-refractivity contribution in [2.24, 2.45) is 10.7 Å². The largest absolute Gasteiger partial charge is 0.497 e. The smallest absolute Gasteiger partial charge is 0.193 e. The maximum atomic E-state index is 6.07. The average Bonchev–Trinajstić information content (AvgIpc) is 3.07. The van der Waals surface area contributed by atoms with Gasteiger partial charge in [-0.3, -0.25) is 0 Å². The molecule has 1 aliphatic carbocycles. The predicted molar refractivity (Wildman–Crippen MR) is 105 cm³/mol. The Hall–Kier alpha value is -1.06. The number of nitrogens with two attached hydrogens (primary N) is 1. The third kappa shape index (κ3) is 3.78. The summed E-state index contributed by atoms with van der Waals surface area (Å²) in [4.78, 5) is 4.63. The summed E-state index contributed by atoms with van der Waals surface area (Å²) < 4.78 is 16.9. The molecule has 134 valence electrons. The van der Waals surface area contributed by atoms with Crippen LogP contribution in [0.25, 0.3) is 0 Å². The van der Waals surface area contributed by atoms with E-state index in [-0.39, 0.29) is 41.7 Å². The van der Waals surface area contributed by atoms with E-state index in [0.29, 0.717) is 12.6 Å². The number of hydrogen-bond donors (Lipinski definition) is 2. The number of anilines is 1. The lowest BCUT2D eigenvalue weighted by Crippen LogP contribution is -2.63. The maximum absolute atomic E-state index is 6.07. The summed E-state index contributed by atoms with van der Waals surface area (Å²) in [5.41, 5.74) is 6.68.